The summed E-state index contributed by atoms with van der Waals surface area (Å²) in [4.78, 5) is 31.5. The molecule has 2 aromatic carbocycles. The Balaban J connectivity index is 1.98. The molecule has 0 spiro atoms. The SMILES string of the molecule is CNC(=O)C(C)SC1=N/C(=C\c2ccc(C(C)C)cc2)C(=O)N1c1cccc(OC)c1. The number of nitrogens with zero attached hydrogens (tertiary/aromatic N) is 2. The normalized spacial score (nSPS) is 15.9. The molecule has 7 heteroatoms. The second-order valence-electron chi connectivity index (χ2n) is 7.46. The average molecular weight is 438 g/mol. The van der Waals surface area contributed by atoms with E-state index in [0.29, 0.717) is 28.2 Å². The highest BCUT2D eigenvalue weighted by Gasteiger charge is 2.34. The molecular weight excluding hydrogens is 410 g/mol. The standard InChI is InChI=1S/C24H27N3O3S/c1-15(2)18-11-9-17(10-12-18)13-21-23(29)27(19-7-6-8-20(14-19)30-5)24(26-21)31-16(3)22(28)25-4/h6-16H,1-5H3,(H,25,28)/b21-13-. The molecule has 1 aliphatic rings. The maximum atomic E-state index is 13.3. The van der Waals surface area contributed by atoms with Crippen LogP contribution in [0.2, 0.25) is 0 Å². The Labute approximate surface area is 187 Å². The van der Waals surface area contributed by atoms with Gasteiger partial charge in [0.2, 0.25) is 5.91 Å². The predicted molar refractivity (Wildman–Crippen MR) is 128 cm³/mol. The number of amides is 2. The van der Waals surface area contributed by atoms with Crippen LogP contribution in [0.4, 0.5) is 5.69 Å². The van der Waals surface area contributed by atoms with Crippen molar-refractivity contribution in [2.75, 3.05) is 19.1 Å². The van der Waals surface area contributed by atoms with Crippen molar-refractivity contribution in [1.82, 2.24) is 5.32 Å². The third-order valence-electron chi connectivity index (χ3n) is 4.95. The van der Waals surface area contributed by atoms with Crippen molar-refractivity contribution in [1.29, 1.82) is 0 Å². The number of thioether (sulfide) groups is 1. The highest BCUT2D eigenvalue weighted by molar-refractivity contribution is 8.15. The van der Waals surface area contributed by atoms with Crippen LogP contribution in [0.1, 0.15) is 37.8 Å². The lowest BCUT2D eigenvalue weighted by atomic mass is 10.0. The number of aliphatic imine (C=N–C) groups is 1. The quantitative estimate of drug-likeness (QED) is 0.679. The minimum absolute atomic E-state index is 0.132. The lowest BCUT2D eigenvalue weighted by molar-refractivity contribution is -0.119. The van der Waals surface area contributed by atoms with Crippen molar-refractivity contribution in [2.45, 2.75) is 31.9 Å². The molecule has 0 bridgehead atoms. The van der Waals surface area contributed by atoms with Crippen LogP contribution in [-0.4, -0.2) is 36.4 Å². The van der Waals surface area contributed by atoms with E-state index in [-0.39, 0.29) is 11.8 Å². The van der Waals surface area contributed by atoms with Gasteiger partial charge < -0.3 is 10.1 Å². The van der Waals surface area contributed by atoms with Crippen LogP contribution < -0.4 is 15.0 Å². The molecule has 6 nitrogen and oxygen atoms in total. The zero-order valence-electron chi connectivity index (χ0n) is 18.4. The van der Waals surface area contributed by atoms with Crippen molar-refractivity contribution in [2.24, 2.45) is 4.99 Å². The number of amidine groups is 1. The third kappa shape index (κ3) is 5.17. The number of benzene rings is 2. The summed E-state index contributed by atoms with van der Waals surface area (Å²) in [6, 6.07) is 15.3. The monoisotopic (exact) mass is 437 g/mol. The smallest absolute Gasteiger partial charge is 0.283 e. The van der Waals surface area contributed by atoms with E-state index in [0.717, 1.165) is 5.56 Å². The fourth-order valence-corrected chi connectivity index (χ4v) is 4.09. The van der Waals surface area contributed by atoms with E-state index in [1.54, 1.807) is 33.2 Å². The molecule has 1 heterocycles. The van der Waals surface area contributed by atoms with Gasteiger partial charge >= 0.3 is 0 Å². The summed E-state index contributed by atoms with van der Waals surface area (Å²) >= 11 is 1.24. The van der Waals surface area contributed by atoms with Gasteiger partial charge in [0.25, 0.3) is 5.91 Å². The molecule has 2 aromatic rings. The Hall–Kier alpha value is -3.06. The first-order chi connectivity index (χ1) is 14.8. The van der Waals surface area contributed by atoms with Crippen LogP contribution in [0.3, 0.4) is 0 Å². The summed E-state index contributed by atoms with van der Waals surface area (Å²) in [6.07, 6.45) is 1.78. The van der Waals surface area contributed by atoms with Gasteiger partial charge in [0, 0.05) is 13.1 Å². The van der Waals surface area contributed by atoms with Gasteiger partial charge in [0.15, 0.2) is 5.17 Å². The molecule has 162 valence electrons. The first-order valence-corrected chi connectivity index (χ1v) is 11.0. The van der Waals surface area contributed by atoms with Gasteiger partial charge in [0.1, 0.15) is 11.4 Å². The van der Waals surface area contributed by atoms with Gasteiger partial charge in [-0.05, 0) is 42.2 Å². The Morgan fingerprint density at radius 1 is 1.16 bits per heavy atom. The number of rotatable bonds is 6. The third-order valence-corrected chi connectivity index (χ3v) is 6.00. The molecule has 0 radical (unpaired) electrons. The highest BCUT2D eigenvalue weighted by Crippen LogP contribution is 2.32. The van der Waals surface area contributed by atoms with Crippen LogP contribution in [0.5, 0.6) is 5.75 Å². The topological polar surface area (TPSA) is 71.0 Å². The molecule has 1 unspecified atom stereocenters. The molecule has 0 saturated carbocycles. The summed E-state index contributed by atoms with van der Waals surface area (Å²) in [5.41, 5.74) is 3.09. The number of anilines is 1. The fraction of sp³-hybridized carbons (Fsp3) is 0.292. The second-order valence-corrected chi connectivity index (χ2v) is 8.77. The van der Waals surface area contributed by atoms with Crippen molar-refractivity contribution in [3.63, 3.8) is 0 Å². The Morgan fingerprint density at radius 2 is 1.87 bits per heavy atom. The summed E-state index contributed by atoms with van der Waals surface area (Å²) < 4.78 is 5.31. The van der Waals surface area contributed by atoms with E-state index in [1.807, 2.05) is 30.3 Å². The summed E-state index contributed by atoms with van der Waals surface area (Å²) in [6.45, 7) is 6.06. The maximum absolute atomic E-state index is 13.3. The van der Waals surface area contributed by atoms with Crippen LogP contribution in [-0.2, 0) is 9.59 Å². The summed E-state index contributed by atoms with van der Waals surface area (Å²) in [7, 11) is 3.17. The van der Waals surface area contributed by atoms with Gasteiger partial charge in [-0.1, -0.05) is 55.9 Å². The average Bonchev–Trinajstić information content (AvgIpc) is 3.07. The number of carbonyl (C=O) groups excluding carboxylic acids is 2. The van der Waals surface area contributed by atoms with E-state index in [2.05, 4.69) is 36.3 Å². The van der Waals surface area contributed by atoms with Gasteiger partial charge in [-0.2, -0.15) is 0 Å². The second kappa shape index (κ2) is 9.83. The Morgan fingerprint density at radius 3 is 2.48 bits per heavy atom. The number of methoxy groups -OCH3 is 1. The van der Waals surface area contributed by atoms with Gasteiger partial charge in [-0.25, -0.2) is 4.99 Å². The van der Waals surface area contributed by atoms with Crippen LogP contribution >= 0.6 is 11.8 Å². The minimum atomic E-state index is -0.408. The number of carbonyl (C=O) groups is 2. The minimum Gasteiger partial charge on any atom is -0.497 e. The summed E-state index contributed by atoms with van der Waals surface area (Å²) in [5, 5.41) is 2.69. The zero-order chi connectivity index (χ0) is 22.5. The van der Waals surface area contributed by atoms with Gasteiger partial charge in [-0.3, -0.25) is 14.5 Å². The van der Waals surface area contributed by atoms with Crippen LogP contribution in [0.15, 0.2) is 59.2 Å². The van der Waals surface area contributed by atoms with Gasteiger partial charge in [-0.15, -0.1) is 0 Å². The molecule has 31 heavy (non-hydrogen) atoms. The number of nitrogens with one attached hydrogen (secondary N) is 1. The van der Waals surface area contributed by atoms with Crippen molar-refractivity contribution in [3.8, 4) is 5.75 Å². The highest BCUT2D eigenvalue weighted by atomic mass is 32.2. The lowest BCUT2D eigenvalue weighted by Gasteiger charge is -2.20. The van der Waals surface area contributed by atoms with Crippen LogP contribution in [0, 0.1) is 0 Å². The molecule has 2 amide bonds. The predicted octanol–water partition coefficient (Wildman–Crippen LogP) is 4.43. The number of ether oxygens (including phenoxy) is 1. The lowest BCUT2D eigenvalue weighted by Crippen LogP contribution is -2.34. The number of hydrogen-bond donors (Lipinski definition) is 1. The summed E-state index contributed by atoms with van der Waals surface area (Å²) in [5.74, 6) is 0.696. The molecule has 0 aromatic heterocycles. The molecule has 0 fully saturated rings. The first kappa shape index (κ1) is 22.6. The molecule has 1 N–H and O–H groups in total. The Bertz CT molecular complexity index is 1030. The molecule has 1 atom stereocenters. The molecular formula is C24H27N3O3S. The van der Waals surface area contributed by atoms with E-state index in [9.17, 15) is 9.59 Å². The molecule has 1 aliphatic heterocycles. The van der Waals surface area contributed by atoms with E-state index >= 15 is 0 Å². The maximum Gasteiger partial charge on any atom is 0.283 e. The van der Waals surface area contributed by atoms with Gasteiger partial charge in [0.05, 0.1) is 18.0 Å². The van der Waals surface area contributed by atoms with E-state index < -0.39 is 5.25 Å². The van der Waals surface area contributed by atoms with Crippen molar-refractivity contribution >= 4 is 40.5 Å². The Kier molecular flexibility index (Phi) is 7.17. The largest absolute Gasteiger partial charge is 0.497 e. The molecule has 3 rings (SSSR count). The first-order valence-electron chi connectivity index (χ1n) is 10.1. The molecule has 0 saturated heterocycles. The van der Waals surface area contributed by atoms with E-state index in [4.69, 9.17) is 4.74 Å². The fourth-order valence-electron chi connectivity index (χ4n) is 3.10. The van der Waals surface area contributed by atoms with Crippen molar-refractivity contribution in [3.05, 3.63) is 65.4 Å². The number of hydrogen-bond acceptors (Lipinski definition) is 5. The van der Waals surface area contributed by atoms with E-state index in [1.165, 1.54) is 22.2 Å². The zero-order valence-corrected chi connectivity index (χ0v) is 19.2. The molecule has 0 aliphatic carbocycles. The van der Waals surface area contributed by atoms with Crippen molar-refractivity contribution < 1.29 is 14.3 Å². The van der Waals surface area contributed by atoms with Crippen LogP contribution in [0.25, 0.3) is 6.08 Å².